The fraction of sp³-hybridized carbons (Fsp3) is 0.583. The van der Waals surface area contributed by atoms with Crippen molar-refractivity contribution in [1.29, 1.82) is 0 Å². The predicted molar refractivity (Wildman–Crippen MR) is 158 cm³/mol. The van der Waals surface area contributed by atoms with Gasteiger partial charge in [0, 0.05) is 0 Å². The van der Waals surface area contributed by atoms with Gasteiger partial charge in [-0.05, 0) is 0 Å². The molecule has 0 saturated carbocycles. The Morgan fingerprint density at radius 2 is 0.694 bits per heavy atom. The summed E-state index contributed by atoms with van der Waals surface area (Å²) in [6, 6.07) is -5.98. The van der Waals surface area contributed by atoms with Crippen LogP contribution in [0.4, 0.5) is 0 Å². The molecule has 4 atom stereocenters. The Kier molecular flexibility index (Phi) is 21.1. The smallest absolute Gasteiger partial charge is 0.328 e. The molecule has 16 N–H and O–H groups in total. The molecule has 276 valence electrons. The van der Waals surface area contributed by atoms with Gasteiger partial charge in [0.05, 0.1) is 65.7 Å². The summed E-state index contributed by atoms with van der Waals surface area (Å²) in [6.45, 7) is -7.53. The zero-order chi connectivity index (χ0) is 37.5. The van der Waals surface area contributed by atoms with Gasteiger partial charge < -0.3 is 79.1 Å². The highest BCUT2D eigenvalue weighted by Gasteiger charge is 2.23. The molecule has 0 unspecified atom stereocenters. The zero-order valence-corrected chi connectivity index (χ0v) is 25.8. The number of carbonyl (C=O) groups is 10. The fourth-order valence-corrected chi connectivity index (χ4v) is 3.00. The standard InChI is InChI=1S/C24H40N10O15/c25-11(7-35)21(45)29-1-15(39)26-4-18(42)32-12(8-36)22(46)30-2-16(40)27-5-19(43)33-13(9-37)23(47)31-3-17(41)28-6-20(44)34-14(10-38)24(48)49/h11-14,35-38H,1-10,25H2,(H,26,39)(H,27,40)(H,28,41)(H,29,45)(H,30,46)(H,31,47)(H,32,42)(H,33,43)(H,34,44)(H,48,49)/t11-,12-,13-,14-/m0/s1. The molecule has 0 radical (unpaired) electrons. The van der Waals surface area contributed by atoms with Crippen LogP contribution in [0.2, 0.25) is 0 Å². The van der Waals surface area contributed by atoms with Gasteiger partial charge in [-0.15, -0.1) is 0 Å². The molecule has 0 aliphatic rings. The molecule has 0 bridgehead atoms. The van der Waals surface area contributed by atoms with Crippen LogP contribution in [0.5, 0.6) is 0 Å². The second-order valence-corrected chi connectivity index (χ2v) is 9.52. The molecule has 0 rings (SSSR count). The summed E-state index contributed by atoms with van der Waals surface area (Å²) in [5.41, 5.74) is 5.26. The Morgan fingerprint density at radius 1 is 0.408 bits per heavy atom. The lowest BCUT2D eigenvalue weighted by molar-refractivity contribution is -0.142. The van der Waals surface area contributed by atoms with Gasteiger partial charge in [0.15, 0.2) is 0 Å². The normalized spacial score (nSPS) is 12.8. The van der Waals surface area contributed by atoms with E-state index in [2.05, 4.69) is 42.5 Å². The minimum atomic E-state index is -1.59. The van der Waals surface area contributed by atoms with Crippen molar-refractivity contribution in [1.82, 2.24) is 47.9 Å². The number of carboxylic acid groups (broad SMARTS) is 1. The number of amides is 9. The van der Waals surface area contributed by atoms with E-state index in [0.717, 1.165) is 0 Å². The molecule has 9 amide bonds. The zero-order valence-electron chi connectivity index (χ0n) is 25.8. The molecular formula is C24H40N10O15. The minimum absolute atomic E-state index is 0.570. The van der Waals surface area contributed by atoms with E-state index in [1.54, 1.807) is 0 Å². The first-order chi connectivity index (χ1) is 23.1. The van der Waals surface area contributed by atoms with Gasteiger partial charge >= 0.3 is 5.97 Å². The Labute approximate surface area is 276 Å². The van der Waals surface area contributed by atoms with E-state index in [1.807, 2.05) is 5.32 Å². The third-order valence-electron chi connectivity index (χ3n) is 5.63. The minimum Gasteiger partial charge on any atom is -0.480 e. The lowest BCUT2D eigenvalue weighted by atomic mass is 10.2. The molecule has 0 heterocycles. The molecule has 25 heteroatoms. The maximum absolute atomic E-state index is 12.2. The molecule has 49 heavy (non-hydrogen) atoms. The topological polar surface area (TPSA) is 406 Å². The molecular weight excluding hydrogens is 668 g/mol. The van der Waals surface area contributed by atoms with Gasteiger partial charge in [-0.25, -0.2) is 4.79 Å². The maximum atomic E-state index is 12.2. The summed E-state index contributed by atoms with van der Waals surface area (Å²) >= 11 is 0. The summed E-state index contributed by atoms with van der Waals surface area (Å²) < 4.78 is 0. The van der Waals surface area contributed by atoms with Crippen molar-refractivity contribution >= 4 is 59.1 Å². The fourth-order valence-electron chi connectivity index (χ4n) is 3.00. The van der Waals surface area contributed by atoms with Gasteiger partial charge in [0.1, 0.15) is 24.2 Å². The van der Waals surface area contributed by atoms with Gasteiger partial charge in [0.25, 0.3) is 0 Å². The van der Waals surface area contributed by atoms with E-state index in [1.165, 1.54) is 0 Å². The van der Waals surface area contributed by atoms with Gasteiger partial charge in [-0.3, -0.25) is 43.2 Å². The van der Waals surface area contributed by atoms with E-state index in [9.17, 15) is 58.2 Å². The number of aliphatic hydroxyl groups is 4. The lowest BCUT2D eigenvalue weighted by Gasteiger charge is -2.17. The van der Waals surface area contributed by atoms with Crippen LogP contribution in [0.1, 0.15) is 0 Å². The Hall–Kier alpha value is -5.50. The van der Waals surface area contributed by atoms with Gasteiger partial charge in [-0.1, -0.05) is 0 Å². The number of aliphatic carboxylic acids is 1. The van der Waals surface area contributed by atoms with E-state index in [0.29, 0.717) is 0 Å². The summed E-state index contributed by atoms with van der Waals surface area (Å²) in [6.07, 6.45) is 0. The van der Waals surface area contributed by atoms with Crippen molar-refractivity contribution in [2.24, 2.45) is 5.73 Å². The Balaban J connectivity index is 4.49. The number of nitrogens with one attached hydrogen (secondary N) is 9. The number of rotatable bonds is 23. The second kappa shape index (κ2) is 23.8. The summed E-state index contributed by atoms with van der Waals surface area (Å²) in [5.74, 6) is -9.90. The number of aliphatic hydroxyl groups excluding tert-OH is 4. The van der Waals surface area contributed by atoms with Crippen LogP contribution >= 0.6 is 0 Å². The van der Waals surface area contributed by atoms with Crippen LogP contribution in [0.25, 0.3) is 0 Å². The maximum Gasteiger partial charge on any atom is 0.328 e. The van der Waals surface area contributed by atoms with Crippen LogP contribution in [-0.2, 0) is 47.9 Å². The number of hydrogen-bond acceptors (Lipinski definition) is 15. The van der Waals surface area contributed by atoms with E-state index in [-0.39, 0.29) is 0 Å². The molecule has 0 aliphatic carbocycles. The largest absolute Gasteiger partial charge is 0.480 e. The molecule has 0 aromatic carbocycles. The molecule has 0 aliphatic heterocycles. The quantitative estimate of drug-likeness (QED) is 0.0468. The van der Waals surface area contributed by atoms with Crippen molar-refractivity contribution < 1.29 is 73.5 Å². The van der Waals surface area contributed by atoms with Crippen molar-refractivity contribution in [3.05, 3.63) is 0 Å². The predicted octanol–water partition coefficient (Wildman–Crippen LogP) is -11.5. The third kappa shape index (κ3) is 19.0. The summed E-state index contributed by atoms with van der Waals surface area (Å²) in [7, 11) is 0. The molecule has 0 aromatic rings. The molecule has 0 spiro atoms. The van der Waals surface area contributed by atoms with E-state index >= 15 is 0 Å². The second-order valence-electron chi connectivity index (χ2n) is 9.52. The first-order valence-electron chi connectivity index (χ1n) is 14.0. The van der Waals surface area contributed by atoms with Crippen LogP contribution in [0.3, 0.4) is 0 Å². The van der Waals surface area contributed by atoms with E-state index < -0.39 is 149 Å². The number of carboxylic acids is 1. The van der Waals surface area contributed by atoms with Crippen molar-refractivity contribution in [3.63, 3.8) is 0 Å². The Bertz CT molecular complexity index is 1220. The summed E-state index contributed by atoms with van der Waals surface area (Å²) in [5, 5.41) is 63.8. The van der Waals surface area contributed by atoms with Crippen molar-refractivity contribution in [2.45, 2.75) is 24.2 Å². The van der Waals surface area contributed by atoms with Crippen LogP contribution < -0.4 is 53.6 Å². The number of nitrogens with two attached hydrogens (primary N) is 1. The monoisotopic (exact) mass is 708 g/mol. The van der Waals surface area contributed by atoms with Crippen molar-refractivity contribution in [3.8, 4) is 0 Å². The van der Waals surface area contributed by atoms with E-state index in [4.69, 9.17) is 21.1 Å². The highest BCUT2D eigenvalue weighted by molar-refractivity contribution is 5.95. The molecule has 25 nitrogen and oxygen atoms in total. The average molecular weight is 709 g/mol. The lowest BCUT2D eigenvalue weighted by Crippen LogP contribution is -2.54. The summed E-state index contributed by atoms with van der Waals surface area (Å²) in [4.78, 5) is 118. The molecule has 0 saturated heterocycles. The highest BCUT2D eigenvalue weighted by Crippen LogP contribution is 1.87. The molecule has 0 fully saturated rings. The Morgan fingerprint density at radius 3 is 0.980 bits per heavy atom. The van der Waals surface area contributed by atoms with Gasteiger partial charge in [-0.2, -0.15) is 0 Å². The van der Waals surface area contributed by atoms with Crippen LogP contribution in [-0.4, -0.2) is 175 Å². The first kappa shape index (κ1) is 43.5. The van der Waals surface area contributed by atoms with Crippen molar-refractivity contribution in [2.75, 3.05) is 65.7 Å². The molecule has 0 aromatic heterocycles. The highest BCUT2D eigenvalue weighted by atomic mass is 16.4. The number of hydrogen-bond donors (Lipinski definition) is 15. The van der Waals surface area contributed by atoms with Crippen LogP contribution in [0.15, 0.2) is 0 Å². The first-order valence-corrected chi connectivity index (χ1v) is 14.0. The third-order valence-corrected chi connectivity index (χ3v) is 5.63. The SMILES string of the molecule is N[C@@H](CO)C(=O)NCC(=O)NCC(=O)N[C@@H](CO)C(=O)NCC(=O)NCC(=O)N[C@@H](CO)C(=O)NCC(=O)NCC(=O)N[C@@H](CO)C(=O)O. The van der Waals surface area contributed by atoms with Gasteiger partial charge in [0.2, 0.25) is 53.2 Å². The average Bonchev–Trinajstić information content (AvgIpc) is 3.08. The number of carbonyl (C=O) groups excluding carboxylic acids is 9. The van der Waals surface area contributed by atoms with Crippen LogP contribution in [0, 0.1) is 0 Å².